The Morgan fingerprint density at radius 2 is 2.56 bits per heavy atom. The number of rotatable bonds is 2. The molecule has 0 N–H and O–H groups in total. The summed E-state index contributed by atoms with van der Waals surface area (Å²) in [4.78, 5) is 9.95. The number of carbonyl (C=O) groups excluding carboxylic acids is 1. The topological polar surface area (TPSA) is 35.5 Å². The molecule has 48 valence electrons. The molecule has 0 fully saturated rings. The predicted octanol–water partition coefficient (Wildman–Crippen LogP) is 0.586. The van der Waals surface area contributed by atoms with Gasteiger partial charge in [-0.15, -0.1) is 0 Å². The van der Waals surface area contributed by atoms with Crippen LogP contribution in [0.4, 0.5) is 0 Å². The molecule has 1 rings (SSSR count). The van der Waals surface area contributed by atoms with Crippen LogP contribution in [-0.2, 0) is 14.3 Å². The fraction of sp³-hybridized carbons (Fsp3) is 0.167. The zero-order valence-electron chi connectivity index (χ0n) is 4.74. The van der Waals surface area contributed by atoms with Gasteiger partial charge in [0.1, 0.15) is 6.26 Å². The van der Waals surface area contributed by atoms with Crippen LogP contribution in [0.25, 0.3) is 0 Å². The monoisotopic (exact) mass is 126 g/mol. The van der Waals surface area contributed by atoms with Crippen molar-refractivity contribution < 1.29 is 14.3 Å². The van der Waals surface area contributed by atoms with Gasteiger partial charge in [-0.05, 0) is 6.08 Å². The van der Waals surface area contributed by atoms with Crippen molar-refractivity contribution in [3.63, 3.8) is 0 Å². The number of aldehydes is 1. The zero-order valence-corrected chi connectivity index (χ0v) is 4.74. The Morgan fingerprint density at radius 3 is 2.89 bits per heavy atom. The Morgan fingerprint density at radius 1 is 1.78 bits per heavy atom. The average Bonchev–Trinajstić information content (AvgIpc) is 2.34. The van der Waals surface area contributed by atoms with Crippen LogP contribution in [0, 0.1) is 0 Å². The normalized spacial score (nSPS) is 23.6. The van der Waals surface area contributed by atoms with Gasteiger partial charge in [-0.2, -0.15) is 0 Å². The van der Waals surface area contributed by atoms with Crippen molar-refractivity contribution in [2.45, 2.75) is 6.29 Å². The van der Waals surface area contributed by atoms with Gasteiger partial charge in [0.15, 0.2) is 5.76 Å². The van der Waals surface area contributed by atoms with Crippen LogP contribution in [0.15, 0.2) is 24.7 Å². The standard InChI is InChI=1S/C6H6O3/c1-2-5-4-8-6(3-7)9-5/h2-4,6H,1H2. The lowest BCUT2D eigenvalue weighted by Crippen LogP contribution is -2.08. The molecule has 0 saturated heterocycles. The van der Waals surface area contributed by atoms with Crippen LogP contribution in [-0.4, -0.2) is 12.6 Å². The largest absolute Gasteiger partial charge is 0.452 e. The van der Waals surface area contributed by atoms with E-state index >= 15 is 0 Å². The molecule has 0 aromatic rings. The van der Waals surface area contributed by atoms with Crippen molar-refractivity contribution >= 4 is 6.29 Å². The Hall–Kier alpha value is -1.25. The van der Waals surface area contributed by atoms with E-state index in [2.05, 4.69) is 11.3 Å². The summed E-state index contributed by atoms with van der Waals surface area (Å²) >= 11 is 0. The van der Waals surface area contributed by atoms with Gasteiger partial charge < -0.3 is 9.47 Å². The predicted molar refractivity (Wildman–Crippen MR) is 30.3 cm³/mol. The van der Waals surface area contributed by atoms with E-state index in [1.54, 1.807) is 0 Å². The third kappa shape index (κ3) is 1.10. The molecule has 1 aliphatic heterocycles. The molecule has 3 heteroatoms. The average molecular weight is 126 g/mol. The van der Waals surface area contributed by atoms with Gasteiger partial charge in [-0.25, -0.2) is 0 Å². The minimum absolute atomic E-state index is 0.493. The van der Waals surface area contributed by atoms with Crippen LogP contribution in [0.1, 0.15) is 0 Å². The van der Waals surface area contributed by atoms with Crippen LogP contribution in [0.5, 0.6) is 0 Å². The van der Waals surface area contributed by atoms with E-state index < -0.39 is 6.29 Å². The first kappa shape index (κ1) is 5.88. The lowest BCUT2D eigenvalue weighted by molar-refractivity contribution is -0.128. The second-order valence-corrected chi connectivity index (χ2v) is 1.48. The molecule has 0 aromatic heterocycles. The smallest absolute Gasteiger partial charge is 0.297 e. The van der Waals surface area contributed by atoms with E-state index in [4.69, 9.17) is 4.74 Å². The number of hydrogen-bond acceptors (Lipinski definition) is 3. The highest BCUT2D eigenvalue weighted by molar-refractivity contribution is 5.55. The molecule has 1 atom stereocenters. The highest BCUT2D eigenvalue weighted by Gasteiger charge is 2.14. The molecule has 0 aromatic carbocycles. The second-order valence-electron chi connectivity index (χ2n) is 1.48. The highest BCUT2D eigenvalue weighted by atomic mass is 16.7. The maximum atomic E-state index is 9.95. The SMILES string of the molecule is C=CC1=COC(C=O)O1. The van der Waals surface area contributed by atoms with Crippen molar-refractivity contribution in [3.05, 3.63) is 24.7 Å². The van der Waals surface area contributed by atoms with Crippen LogP contribution >= 0.6 is 0 Å². The Labute approximate surface area is 52.6 Å². The Kier molecular flexibility index (Phi) is 1.53. The lowest BCUT2D eigenvalue weighted by atomic mass is 10.5. The van der Waals surface area contributed by atoms with Gasteiger partial charge in [-0.1, -0.05) is 6.58 Å². The van der Waals surface area contributed by atoms with E-state index in [-0.39, 0.29) is 0 Å². The Balaban J connectivity index is 2.48. The minimum atomic E-state index is -0.766. The molecule has 0 spiro atoms. The van der Waals surface area contributed by atoms with Gasteiger partial charge in [0.05, 0.1) is 0 Å². The van der Waals surface area contributed by atoms with Crippen molar-refractivity contribution in [1.29, 1.82) is 0 Å². The Bertz CT molecular complexity index is 160. The van der Waals surface area contributed by atoms with E-state index in [0.29, 0.717) is 12.0 Å². The first-order valence-corrected chi connectivity index (χ1v) is 2.47. The molecule has 9 heavy (non-hydrogen) atoms. The van der Waals surface area contributed by atoms with Crippen molar-refractivity contribution in [3.8, 4) is 0 Å². The quantitative estimate of drug-likeness (QED) is 0.508. The van der Waals surface area contributed by atoms with Gasteiger partial charge in [0.2, 0.25) is 6.29 Å². The molecular formula is C6H6O3. The maximum Gasteiger partial charge on any atom is 0.297 e. The molecule has 0 bridgehead atoms. The van der Waals surface area contributed by atoms with Crippen molar-refractivity contribution in [2.75, 3.05) is 0 Å². The molecule has 3 nitrogen and oxygen atoms in total. The summed E-state index contributed by atoms with van der Waals surface area (Å²) in [5, 5.41) is 0. The summed E-state index contributed by atoms with van der Waals surface area (Å²) in [7, 11) is 0. The molecule has 0 amide bonds. The number of carbonyl (C=O) groups is 1. The van der Waals surface area contributed by atoms with Gasteiger partial charge in [0, 0.05) is 0 Å². The molecule has 1 unspecified atom stereocenters. The number of hydrogen-bond donors (Lipinski definition) is 0. The molecular weight excluding hydrogens is 120 g/mol. The fourth-order valence-electron chi connectivity index (χ4n) is 0.480. The van der Waals surface area contributed by atoms with Crippen molar-refractivity contribution in [1.82, 2.24) is 0 Å². The maximum absolute atomic E-state index is 9.95. The van der Waals surface area contributed by atoms with E-state index in [1.807, 2.05) is 0 Å². The minimum Gasteiger partial charge on any atom is -0.452 e. The van der Waals surface area contributed by atoms with E-state index in [1.165, 1.54) is 12.3 Å². The fourth-order valence-corrected chi connectivity index (χ4v) is 0.480. The van der Waals surface area contributed by atoms with Crippen LogP contribution in [0.3, 0.4) is 0 Å². The van der Waals surface area contributed by atoms with E-state index in [0.717, 1.165) is 0 Å². The molecule has 0 aliphatic carbocycles. The molecule has 1 aliphatic rings. The second kappa shape index (κ2) is 2.35. The van der Waals surface area contributed by atoms with Crippen LogP contribution in [0.2, 0.25) is 0 Å². The number of ether oxygens (including phenoxy) is 2. The van der Waals surface area contributed by atoms with E-state index in [9.17, 15) is 4.79 Å². The van der Waals surface area contributed by atoms with Gasteiger partial charge >= 0.3 is 0 Å². The zero-order chi connectivity index (χ0) is 6.69. The summed E-state index contributed by atoms with van der Waals surface area (Å²) in [6.45, 7) is 3.42. The van der Waals surface area contributed by atoms with Crippen LogP contribution < -0.4 is 0 Å². The summed E-state index contributed by atoms with van der Waals surface area (Å²) in [6.07, 6.45) is 2.64. The summed E-state index contributed by atoms with van der Waals surface area (Å²) < 4.78 is 9.49. The first-order valence-electron chi connectivity index (χ1n) is 2.47. The lowest BCUT2D eigenvalue weighted by Gasteiger charge is -2.00. The van der Waals surface area contributed by atoms with Gasteiger partial charge in [0.25, 0.3) is 6.29 Å². The molecule has 0 radical (unpaired) electrons. The summed E-state index contributed by atoms with van der Waals surface area (Å²) in [5.74, 6) is 0.493. The van der Waals surface area contributed by atoms with Gasteiger partial charge in [-0.3, -0.25) is 4.79 Å². The third-order valence-electron chi connectivity index (χ3n) is 0.883. The molecule has 0 saturated carbocycles. The number of allylic oxidation sites excluding steroid dienone is 1. The van der Waals surface area contributed by atoms with Crippen molar-refractivity contribution in [2.24, 2.45) is 0 Å². The summed E-state index contributed by atoms with van der Waals surface area (Å²) in [6, 6.07) is 0. The molecule has 1 heterocycles. The third-order valence-corrected chi connectivity index (χ3v) is 0.883. The summed E-state index contributed by atoms with van der Waals surface area (Å²) in [5.41, 5.74) is 0. The first-order chi connectivity index (χ1) is 4.36. The highest BCUT2D eigenvalue weighted by Crippen LogP contribution is 2.11.